The Morgan fingerprint density at radius 1 is 0.938 bits per heavy atom. The van der Waals surface area contributed by atoms with Crippen LogP contribution in [0.2, 0.25) is 0 Å². The maximum atomic E-state index is 13.5. The molecular formula is C26H28N2O3S. The molecule has 2 heterocycles. The average Bonchev–Trinajstić information content (AvgIpc) is 3.61. The van der Waals surface area contributed by atoms with Crippen molar-refractivity contribution in [3.8, 4) is 11.1 Å². The Kier molecular flexibility index (Phi) is 5.51. The molecule has 166 valence electrons. The number of hydrogen-bond acceptors (Lipinski definition) is 3. The van der Waals surface area contributed by atoms with Crippen LogP contribution in [0, 0.1) is 0 Å². The molecule has 2 unspecified atom stereocenters. The quantitative estimate of drug-likeness (QED) is 0.619. The summed E-state index contributed by atoms with van der Waals surface area (Å²) in [5, 5.41) is 0. The van der Waals surface area contributed by atoms with E-state index in [4.69, 9.17) is 0 Å². The molecule has 1 saturated carbocycles. The van der Waals surface area contributed by atoms with Crippen molar-refractivity contribution >= 4 is 10.0 Å². The topological polar surface area (TPSA) is 68.2 Å². The van der Waals surface area contributed by atoms with Crippen molar-refractivity contribution in [2.45, 2.75) is 50.1 Å². The van der Waals surface area contributed by atoms with E-state index in [0.29, 0.717) is 25.2 Å². The molecule has 0 bridgehead atoms. The first-order chi connectivity index (χ1) is 15.4. The summed E-state index contributed by atoms with van der Waals surface area (Å²) in [4.78, 5) is 13.5. The van der Waals surface area contributed by atoms with Gasteiger partial charge in [0.05, 0.1) is 12.3 Å². The van der Waals surface area contributed by atoms with Crippen molar-refractivity contribution in [2.75, 3.05) is 6.26 Å². The minimum Gasteiger partial charge on any atom is -0.307 e. The van der Waals surface area contributed by atoms with Gasteiger partial charge in [0, 0.05) is 17.3 Å². The largest absolute Gasteiger partial charge is 0.307 e. The van der Waals surface area contributed by atoms with Gasteiger partial charge in [-0.2, -0.15) is 0 Å². The van der Waals surface area contributed by atoms with E-state index in [1.807, 2.05) is 34.9 Å². The molecule has 5 nitrogen and oxygen atoms in total. The molecule has 3 aromatic rings. The lowest BCUT2D eigenvalue weighted by atomic mass is 9.90. The summed E-state index contributed by atoms with van der Waals surface area (Å²) in [6, 6.07) is 22.0. The summed E-state index contributed by atoms with van der Waals surface area (Å²) in [5.74, 6) is 0.352. The third kappa shape index (κ3) is 4.43. The summed E-state index contributed by atoms with van der Waals surface area (Å²) < 4.78 is 28.9. The van der Waals surface area contributed by atoms with E-state index in [1.54, 1.807) is 0 Å². The predicted octanol–water partition coefficient (Wildman–Crippen LogP) is 4.04. The smallest absolute Gasteiger partial charge is 0.254 e. The predicted molar refractivity (Wildman–Crippen MR) is 127 cm³/mol. The lowest BCUT2D eigenvalue weighted by Gasteiger charge is -2.36. The first kappa shape index (κ1) is 21.2. The fourth-order valence-corrected chi connectivity index (χ4v) is 5.78. The zero-order valence-corrected chi connectivity index (χ0v) is 19.0. The fraction of sp³-hybridized carbons (Fsp3) is 0.346. The van der Waals surface area contributed by atoms with Gasteiger partial charge in [-0.1, -0.05) is 60.7 Å². The van der Waals surface area contributed by atoms with E-state index in [1.165, 1.54) is 6.26 Å². The lowest BCUT2D eigenvalue weighted by Crippen LogP contribution is -2.48. The summed E-state index contributed by atoms with van der Waals surface area (Å²) >= 11 is 0. The van der Waals surface area contributed by atoms with Crippen molar-refractivity contribution in [2.24, 2.45) is 0 Å². The first-order valence-corrected chi connectivity index (χ1v) is 13.1. The first-order valence-electron chi connectivity index (χ1n) is 11.2. The molecule has 1 N–H and O–H groups in total. The number of benzene rings is 2. The second kappa shape index (κ2) is 8.34. The highest BCUT2D eigenvalue weighted by molar-refractivity contribution is 7.88. The third-order valence-corrected chi connectivity index (χ3v) is 7.33. The van der Waals surface area contributed by atoms with E-state index in [9.17, 15) is 13.2 Å². The van der Waals surface area contributed by atoms with Crippen molar-refractivity contribution in [3.63, 3.8) is 0 Å². The van der Waals surface area contributed by atoms with E-state index >= 15 is 0 Å². The molecular weight excluding hydrogens is 420 g/mol. The summed E-state index contributed by atoms with van der Waals surface area (Å²) in [6.45, 7) is 0. The second-order valence-corrected chi connectivity index (χ2v) is 10.9. The maximum absolute atomic E-state index is 13.5. The molecule has 6 heteroatoms. The van der Waals surface area contributed by atoms with Gasteiger partial charge in [-0.15, -0.1) is 0 Å². The molecule has 0 radical (unpaired) electrons. The van der Waals surface area contributed by atoms with Gasteiger partial charge in [-0.3, -0.25) is 4.79 Å². The fourth-order valence-electron chi connectivity index (χ4n) is 4.95. The van der Waals surface area contributed by atoms with Crippen molar-refractivity contribution in [3.05, 3.63) is 93.9 Å². The highest BCUT2D eigenvalue weighted by Crippen LogP contribution is 2.39. The Morgan fingerprint density at radius 3 is 2.41 bits per heavy atom. The number of nitrogens with one attached hydrogen (secondary N) is 1. The molecule has 5 rings (SSSR count). The van der Waals surface area contributed by atoms with Gasteiger partial charge in [-0.25, -0.2) is 13.1 Å². The van der Waals surface area contributed by atoms with Gasteiger partial charge in [-0.05, 0) is 60.8 Å². The molecule has 1 aliphatic carbocycles. The monoisotopic (exact) mass is 448 g/mol. The van der Waals surface area contributed by atoms with Crippen LogP contribution in [0.25, 0.3) is 11.1 Å². The summed E-state index contributed by atoms with van der Waals surface area (Å²) in [5.41, 5.74) is 5.26. The number of fused-ring (bicyclic) bond motifs is 1. The molecule has 1 fully saturated rings. The number of sulfonamides is 1. The Bertz CT molecular complexity index is 1290. The Balaban J connectivity index is 1.55. The third-order valence-electron chi connectivity index (χ3n) is 6.60. The van der Waals surface area contributed by atoms with Crippen LogP contribution >= 0.6 is 0 Å². The van der Waals surface area contributed by atoms with Gasteiger partial charge >= 0.3 is 0 Å². The average molecular weight is 449 g/mol. The summed E-state index contributed by atoms with van der Waals surface area (Å²) in [6.07, 6.45) is 5.27. The normalized spacial score (nSPS) is 20.7. The van der Waals surface area contributed by atoms with Gasteiger partial charge in [0.25, 0.3) is 5.56 Å². The van der Waals surface area contributed by atoms with Crippen LogP contribution in [-0.4, -0.2) is 25.3 Å². The summed E-state index contributed by atoms with van der Waals surface area (Å²) in [7, 11) is -3.39. The zero-order valence-electron chi connectivity index (χ0n) is 18.2. The molecule has 32 heavy (non-hydrogen) atoms. The lowest BCUT2D eigenvalue weighted by molar-refractivity contribution is 0.314. The number of rotatable bonds is 6. The zero-order chi connectivity index (χ0) is 22.3. The van der Waals surface area contributed by atoms with Crippen LogP contribution in [0.1, 0.15) is 48.0 Å². The molecule has 2 aliphatic rings. The number of aromatic nitrogens is 1. The Hall–Kier alpha value is -2.70. The van der Waals surface area contributed by atoms with Crippen LogP contribution < -0.4 is 10.3 Å². The van der Waals surface area contributed by atoms with E-state index in [0.717, 1.165) is 40.8 Å². The van der Waals surface area contributed by atoms with Crippen LogP contribution in [0.3, 0.4) is 0 Å². The maximum Gasteiger partial charge on any atom is 0.254 e. The second-order valence-electron chi connectivity index (χ2n) is 9.10. The Labute approximate surface area is 189 Å². The van der Waals surface area contributed by atoms with Gasteiger partial charge < -0.3 is 4.57 Å². The number of aryl methyl sites for hydroxylation is 1. The molecule has 0 saturated heterocycles. The Morgan fingerprint density at radius 2 is 1.69 bits per heavy atom. The highest BCUT2D eigenvalue weighted by atomic mass is 32.2. The minimum absolute atomic E-state index is 0.0502. The number of nitrogens with zero attached hydrogens (tertiary/aromatic N) is 1. The molecule has 1 aromatic heterocycles. The SMILES string of the molecule is CS(=O)(=O)NC1CCc2ccc(C3CC3)c(=O)n2C1Cc1cccc(-c2ccccc2)c1. The van der Waals surface area contributed by atoms with Gasteiger partial charge in [0.2, 0.25) is 10.0 Å². The van der Waals surface area contributed by atoms with Gasteiger partial charge in [0.1, 0.15) is 0 Å². The standard InChI is InChI=1S/C26H28N2O3S/c1-32(30,31)27-24-15-13-22-12-14-23(20-10-11-20)26(29)28(22)25(24)17-18-6-5-9-21(16-18)19-7-3-2-4-8-19/h2-9,12,14,16,20,24-25,27H,10-11,13,15,17H2,1H3. The van der Waals surface area contributed by atoms with Crippen LogP contribution in [0.5, 0.6) is 0 Å². The van der Waals surface area contributed by atoms with Gasteiger partial charge in [0.15, 0.2) is 0 Å². The minimum atomic E-state index is -3.39. The van der Waals surface area contributed by atoms with E-state index in [-0.39, 0.29) is 17.6 Å². The van der Waals surface area contributed by atoms with Crippen LogP contribution in [-0.2, 0) is 22.9 Å². The van der Waals surface area contributed by atoms with Crippen LogP contribution in [0.4, 0.5) is 0 Å². The van der Waals surface area contributed by atoms with E-state index in [2.05, 4.69) is 41.1 Å². The molecule has 2 atom stereocenters. The van der Waals surface area contributed by atoms with Crippen molar-refractivity contribution in [1.82, 2.24) is 9.29 Å². The number of hydrogen-bond donors (Lipinski definition) is 1. The molecule has 2 aromatic carbocycles. The molecule has 1 aliphatic heterocycles. The number of pyridine rings is 1. The van der Waals surface area contributed by atoms with Crippen molar-refractivity contribution in [1.29, 1.82) is 0 Å². The van der Waals surface area contributed by atoms with Crippen LogP contribution in [0.15, 0.2) is 71.5 Å². The highest BCUT2D eigenvalue weighted by Gasteiger charge is 2.35. The van der Waals surface area contributed by atoms with E-state index < -0.39 is 10.0 Å². The molecule has 0 spiro atoms. The van der Waals surface area contributed by atoms with Crippen molar-refractivity contribution < 1.29 is 8.42 Å². The molecule has 0 amide bonds.